The van der Waals surface area contributed by atoms with Crippen molar-refractivity contribution in [2.75, 3.05) is 0 Å². The number of rotatable bonds is 2. The van der Waals surface area contributed by atoms with Crippen LogP contribution in [0.25, 0.3) is 0 Å². The van der Waals surface area contributed by atoms with Gasteiger partial charge in [-0.2, -0.15) is 0 Å². The Balaban J connectivity index is 2.38. The van der Waals surface area contributed by atoms with Crippen molar-refractivity contribution in [2.45, 2.75) is 58.2 Å². The molecule has 1 aliphatic rings. The Kier molecular flexibility index (Phi) is 4.07. The SMILES string of the molecule is Cc1ccc(C2C(N)CCCC(=O)N2C(C)C)s1. The molecule has 0 aliphatic carbocycles. The minimum Gasteiger partial charge on any atom is -0.331 e. The van der Waals surface area contributed by atoms with E-state index in [0.29, 0.717) is 6.42 Å². The number of aryl methyl sites for hydroxylation is 1. The van der Waals surface area contributed by atoms with Gasteiger partial charge in [-0.05, 0) is 45.7 Å². The molecular weight excluding hydrogens is 244 g/mol. The van der Waals surface area contributed by atoms with Crippen molar-refractivity contribution in [2.24, 2.45) is 5.73 Å². The fraction of sp³-hybridized carbons (Fsp3) is 0.643. The Hall–Kier alpha value is -0.870. The van der Waals surface area contributed by atoms with Gasteiger partial charge >= 0.3 is 0 Å². The summed E-state index contributed by atoms with van der Waals surface area (Å²) < 4.78 is 0. The van der Waals surface area contributed by atoms with Gasteiger partial charge in [0.15, 0.2) is 0 Å². The molecule has 3 nitrogen and oxygen atoms in total. The molecule has 0 spiro atoms. The molecule has 2 N–H and O–H groups in total. The van der Waals surface area contributed by atoms with E-state index in [2.05, 4.69) is 32.9 Å². The van der Waals surface area contributed by atoms with Gasteiger partial charge in [0.1, 0.15) is 0 Å². The fourth-order valence-electron chi connectivity index (χ4n) is 2.71. The van der Waals surface area contributed by atoms with E-state index in [1.54, 1.807) is 11.3 Å². The molecule has 18 heavy (non-hydrogen) atoms. The Morgan fingerprint density at radius 3 is 2.72 bits per heavy atom. The number of nitrogens with zero attached hydrogens (tertiary/aromatic N) is 1. The quantitative estimate of drug-likeness (QED) is 0.894. The standard InChI is InChI=1S/C14H22N2OS/c1-9(2)16-13(17)6-4-5-11(15)14(16)12-8-7-10(3)18-12/h7-9,11,14H,4-6,15H2,1-3H3. The lowest BCUT2D eigenvalue weighted by Crippen LogP contribution is -2.45. The zero-order valence-electron chi connectivity index (χ0n) is 11.3. The van der Waals surface area contributed by atoms with Gasteiger partial charge in [0, 0.05) is 28.3 Å². The lowest BCUT2D eigenvalue weighted by Gasteiger charge is -2.36. The molecule has 4 heteroatoms. The fourth-order valence-corrected chi connectivity index (χ4v) is 3.76. The molecule has 100 valence electrons. The number of carbonyl (C=O) groups is 1. The molecule has 1 saturated heterocycles. The summed E-state index contributed by atoms with van der Waals surface area (Å²) in [5, 5.41) is 0. The second kappa shape index (κ2) is 5.41. The third-order valence-electron chi connectivity index (χ3n) is 3.53. The highest BCUT2D eigenvalue weighted by Crippen LogP contribution is 2.35. The molecule has 2 rings (SSSR count). The molecule has 0 saturated carbocycles. The highest BCUT2D eigenvalue weighted by molar-refractivity contribution is 7.12. The Labute approximate surface area is 113 Å². The average Bonchev–Trinajstić information content (AvgIpc) is 2.64. The van der Waals surface area contributed by atoms with E-state index in [0.717, 1.165) is 12.8 Å². The maximum absolute atomic E-state index is 12.3. The van der Waals surface area contributed by atoms with Crippen molar-refractivity contribution < 1.29 is 4.79 Å². The highest BCUT2D eigenvalue weighted by Gasteiger charge is 2.34. The minimum absolute atomic E-state index is 0.0527. The molecule has 1 fully saturated rings. The number of likely N-dealkylation sites (tertiary alicyclic amines) is 1. The number of hydrogen-bond acceptors (Lipinski definition) is 3. The summed E-state index contributed by atoms with van der Waals surface area (Å²) in [4.78, 5) is 16.8. The summed E-state index contributed by atoms with van der Waals surface area (Å²) in [6, 6.07) is 4.55. The van der Waals surface area contributed by atoms with Crippen molar-refractivity contribution in [1.82, 2.24) is 4.90 Å². The summed E-state index contributed by atoms with van der Waals surface area (Å²) in [6.45, 7) is 6.24. The summed E-state index contributed by atoms with van der Waals surface area (Å²) in [7, 11) is 0. The van der Waals surface area contributed by atoms with Gasteiger partial charge in [-0.15, -0.1) is 11.3 Å². The van der Waals surface area contributed by atoms with E-state index in [1.165, 1.54) is 9.75 Å². The van der Waals surface area contributed by atoms with E-state index in [9.17, 15) is 4.79 Å². The second-order valence-electron chi connectivity index (χ2n) is 5.34. The average molecular weight is 266 g/mol. The first kappa shape index (κ1) is 13.6. The lowest BCUT2D eigenvalue weighted by molar-refractivity contribution is -0.135. The van der Waals surface area contributed by atoms with E-state index in [4.69, 9.17) is 5.73 Å². The molecule has 1 aromatic rings. The Morgan fingerprint density at radius 2 is 2.17 bits per heavy atom. The summed E-state index contributed by atoms with van der Waals surface area (Å²) in [5.74, 6) is 0.244. The molecule has 2 atom stereocenters. The van der Waals surface area contributed by atoms with Crippen LogP contribution in [0, 0.1) is 6.92 Å². The van der Waals surface area contributed by atoms with Crippen LogP contribution < -0.4 is 5.73 Å². The molecule has 1 aromatic heterocycles. The predicted molar refractivity (Wildman–Crippen MR) is 75.6 cm³/mol. The first-order chi connectivity index (χ1) is 8.50. The topological polar surface area (TPSA) is 46.3 Å². The number of amides is 1. The molecule has 2 heterocycles. The van der Waals surface area contributed by atoms with Crippen molar-refractivity contribution in [3.05, 3.63) is 21.9 Å². The minimum atomic E-state index is 0.0527. The Bertz CT molecular complexity index is 427. The predicted octanol–water partition coefficient (Wildman–Crippen LogP) is 2.85. The van der Waals surface area contributed by atoms with Crippen LogP contribution in [0.4, 0.5) is 0 Å². The van der Waals surface area contributed by atoms with Crippen LogP contribution in [0.15, 0.2) is 12.1 Å². The maximum atomic E-state index is 12.3. The van der Waals surface area contributed by atoms with Crippen LogP contribution in [0.1, 0.15) is 48.9 Å². The first-order valence-electron chi connectivity index (χ1n) is 6.63. The molecule has 1 aliphatic heterocycles. The van der Waals surface area contributed by atoms with E-state index in [1.807, 2.05) is 4.90 Å². The van der Waals surface area contributed by atoms with Gasteiger partial charge < -0.3 is 10.6 Å². The van der Waals surface area contributed by atoms with Gasteiger partial charge in [-0.1, -0.05) is 0 Å². The normalized spacial score (nSPS) is 25.6. The van der Waals surface area contributed by atoms with E-state index in [-0.39, 0.29) is 24.0 Å². The zero-order chi connectivity index (χ0) is 13.3. The molecule has 2 unspecified atom stereocenters. The zero-order valence-corrected chi connectivity index (χ0v) is 12.2. The summed E-state index contributed by atoms with van der Waals surface area (Å²) in [6.07, 6.45) is 2.47. The second-order valence-corrected chi connectivity index (χ2v) is 6.66. The van der Waals surface area contributed by atoms with Gasteiger partial charge in [0.05, 0.1) is 6.04 Å². The smallest absolute Gasteiger partial charge is 0.223 e. The highest BCUT2D eigenvalue weighted by atomic mass is 32.1. The van der Waals surface area contributed by atoms with Crippen molar-refractivity contribution in [3.8, 4) is 0 Å². The summed E-state index contributed by atoms with van der Waals surface area (Å²) in [5.41, 5.74) is 6.32. The van der Waals surface area contributed by atoms with Crippen LogP contribution in [-0.4, -0.2) is 22.9 Å². The van der Waals surface area contributed by atoms with Crippen molar-refractivity contribution in [3.63, 3.8) is 0 Å². The Morgan fingerprint density at radius 1 is 1.44 bits per heavy atom. The van der Waals surface area contributed by atoms with Crippen molar-refractivity contribution >= 4 is 17.2 Å². The van der Waals surface area contributed by atoms with Crippen LogP contribution in [0.3, 0.4) is 0 Å². The van der Waals surface area contributed by atoms with Crippen LogP contribution in [-0.2, 0) is 4.79 Å². The lowest BCUT2D eigenvalue weighted by atomic mass is 10.0. The molecule has 0 radical (unpaired) electrons. The van der Waals surface area contributed by atoms with E-state index >= 15 is 0 Å². The first-order valence-corrected chi connectivity index (χ1v) is 7.45. The van der Waals surface area contributed by atoms with Gasteiger partial charge in [-0.3, -0.25) is 4.79 Å². The van der Waals surface area contributed by atoms with Crippen LogP contribution >= 0.6 is 11.3 Å². The monoisotopic (exact) mass is 266 g/mol. The number of nitrogens with two attached hydrogens (primary N) is 1. The molecule has 0 bridgehead atoms. The third-order valence-corrected chi connectivity index (χ3v) is 4.60. The number of carbonyl (C=O) groups excluding carboxylic acids is 1. The van der Waals surface area contributed by atoms with Gasteiger partial charge in [0.25, 0.3) is 0 Å². The third kappa shape index (κ3) is 2.59. The number of thiophene rings is 1. The molecule has 1 amide bonds. The van der Waals surface area contributed by atoms with Gasteiger partial charge in [-0.25, -0.2) is 0 Å². The summed E-state index contributed by atoms with van der Waals surface area (Å²) >= 11 is 1.76. The van der Waals surface area contributed by atoms with Gasteiger partial charge in [0.2, 0.25) is 5.91 Å². The number of hydrogen-bond donors (Lipinski definition) is 1. The molecular formula is C14H22N2OS. The molecule has 0 aromatic carbocycles. The maximum Gasteiger partial charge on any atom is 0.223 e. The van der Waals surface area contributed by atoms with Crippen LogP contribution in [0.5, 0.6) is 0 Å². The largest absolute Gasteiger partial charge is 0.331 e. The van der Waals surface area contributed by atoms with E-state index < -0.39 is 0 Å². The van der Waals surface area contributed by atoms with Crippen LogP contribution in [0.2, 0.25) is 0 Å². The van der Waals surface area contributed by atoms with Crippen molar-refractivity contribution in [1.29, 1.82) is 0 Å².